The van der Waals surface area contributed by atoms with Crippen LogP contribution >= 0.6 is 39.1 Å². The summed E-state index contributed by atoms with van der Waals surface area (Å²) < 4.78 is 6.31. The molecule has 0 aliphatic heterocycles. The van der Waals surface area contributed by atoms with Gasteiger partial charge in [-0.2, -0.15) is 0 Å². The summed E-state index contributed by atoms with van der Waals surface area (Å²) in [4.78, 5) is 12.1. The summed E-state index contributed by atoms with van der Waals surface area (Å²) in [6.07, 6.45) is -0.654. The molecule has 1 N–H and O–H groups in total. The van der Waals surface area contributed by atoms with Gasteiger partial charge in [-0.25, -0.2) is 0 Å². The number of carbonyl (C=O) groups is 1. The molecule has 0 fully saturated rings. The van der Waals surface area contributed by atoms with Crippen LogP contribution in [0.15, 0.2) is 46.9 Å². The van der Waals surface area contributed by atoms with Crippen molar-refractivity contribution in [1.29, 1.82) is 0 Å². The minimum atomic E-state index is -0.654. The Bertz CT molecular complexity index is 647. The number of nitrogens with one attached hydrogen (secondary N) is 1. The Hall–Kier alpha value is -1.23. The maximum atomic E-state index is 12.1. The number of amides is 1. The molecule has 0 saturated carbocycles. The lowest BCUT2D eigenvalue weighted by molar-refractivity contribution is -0.122. The molecule has 2 aromatic carbocycles. The molecule has 0 aromatic heterocycles. The van der Waals surface area contributed by atoms with Crippen molar-refractivity contribution in [3.8, 4) is 5.75 Å². The molecule has 0 heterocycles. The third kappa shape index (κ3) is 4.63. The summed E-state index contributed by atoms with van der Waals surface area (Å²) in [7, 11) is 0. The summed E-state index contributed by atoms with van der Waals surface area (Å²) in [5, 5.41) is 3.96. The largest absolute Gasteiger partial charge is 0.480 e. The molecule has 0 aliphatic rings. The highest BCUT2D eigenvalue weighted by atomic mass is 79.9. The van der Waals surface area contributed by atoms with E-state index in [1.807, 2.05) is 0 Å². The zero-order chi connectivity index (χ0) is 15.4. The van der Waals surface area contributed by atoms with Gasteiger partial charge in [-0.05, 0) is 65.3 Å². The standard InChI is InChI=1S/C15H12BrCl2NO2/c1-9(21-14-7-4-11(18)8-13(14)16)15(20)19-12-5-2-10(17)3-6-12/h2-9H,1H3,(H,19,20). The van der Waals surface area contributed by atoms with Gasteiger partial charge in [0.2, 0.25) is 0 Å². The number of halogens is 3. The third-order valence-corrected chi connectivity index (χ3v) is 3.79. The van der Waals surface area contributed by atoms with E-state index in [0.29, 0.717) is 26.0 Å². The van der Waals surface area contributed by atoms with E-state index in [9.17, 15) is 4.79 Å². The van der Waals surface area contributed by atoms with Crippen LogP contribution in [0.2, 0.25) is 10.0 Å². The Morgan fingerprint density at radius 2 is 1.76 bits per heavy atom. The lowest BCUT2D eigenvalue weighted by atomic mass is 10.3. The first-order chi connectivity index (χ1) is 9.95. The van der Waals surface area contributed by atoms with Crippen LogP contribution in [0.25, 0.3) is 0 Å². The van der Waals surface area contributed by atoms with Crippen LogP contribution in [0, 0.1) is 0 Å². The number of ether oxygens (including phenoxy) is 1. The van der Waals surface area contributed by atoms with E-state index in [-0.39, 0.29) is 5.91 Å². The minimum absolute atomic E-state index is 0.251. The SMILES string of the molecule is CC(Oc1ccc(Cl)cc1Br)C(=O)Nc1ccc(Cl)cc1. The van der Waals surface area contributed by atoms with Crippen LogP contribution in [0.1, 0.15) is 6.92 Å². The Balaban J connectivity index is 2.00. The first-order valence-electron chi connectivity index (χ1n) is 6.14. The molecule has 0 bridgehead atoms. The second kappa shape index (κ2) is 7.16. The van der Waals surface area contributed by atoms with Gasteiger partial charge < -0.3 is 10.1 Å². The smallest absolute Gasteiger partial charge is 0.265 e. The molecule has 0 radical (unpaired) electrons. The van der Waals surface area contributed by atoms with Crippen LogP contribution in [-0.2, 0) is 4.79 Å². The molecule has 0 aliphatic carbocycles. The molecule has 1 atom stereocenters. The fourth-order valence-corrected chi connectivity index (χ4v) is 2.49. The zero-order valence-corrected chi connectivity index (χ0v) is 14.2. The molecule has 6 heteroatoms. The van der Waals surface area contributed by atoms with Gasteiger partial charge in [0.1, 0.15) is 5.75 Å². The molecular formula is C15H12BrCl2NO2. The van der Waals surface area contributed by atoms with Crippen LogP contribution < -0.4 is 10.1 Å². The second-order valence-electron chi connectivity index (χ2n) is 4.33. The number of hydrogen-bond donors (Lipinski definition) is 1. The number of hydrogen-bond acceptors (Lipinski definition) is 2. The number of anilines is 1. The van der Waals surface area contributed by atoms with Gasteiger partial charge >= 0.3 is 0 Å². The number of carbonyl (C=O) groups excluding carboxylic acids is 1. The Morgan fingerprint density at radius 1 is 1.14 bits per heavy atom. The van der Waals surface area contributed by atoms with Crippen molar-refractivity contribution in [3.05, 3.63) is 57.0 Å². The number of benzene rings is 2. The predicted molar refractivity (Wildman–Crippen MR) is 89.3 cm³/mol. The van der Waals surface area contributed by atoms with Gasteiger partial charge in [-0.15, -0.1) is 0 Å². The predicted octanol–water partition coefficient (Wildman–Crippen LogP) is 5.16. The molecule has 21 heavy (non-hydrogen) atoms. The molecule has 1 unspecified atom stereocenters. The van der Waals surface area contributed by atoms with Gasteiger partial charge in [0.25, 0.3) is 5.91 Å². The summed E-state index contributed by atoms with van der Waals surface area (Å²) in [6.45, 7) is 1.67. The van der Waals surface area contributed by atoms with E-state index in [4.69, 9.17) is 27.9 Å². The van der Waals surface area contributed by atoms with Crippen LogP contribution in [0.4, 0.5) is 5.69 Å². The first-order valence-corrected chi connectivity index (χ1v) is 7.69. The molecule has 0 saturated heterocycles. The average molecular weight is 389 g/mol. The van der Waals surface area contributed by atoms with Crippen molar-refractivity contribution in [2.24, 2.45) is 0 Å². The topological polar surface area (TPSA) is 38.3 Å². The van der Waals surface area contributed by atoms with Crippen LogP contribution in [0.5, 0.6) is 5.75 Å². The third-order valence-electron chi connectivity index (χ3n) is 2.68. The van der Waals surface area contributed by atoms with Crippen molar-refractivity contribution in [3.63, 3.8) is 0 Å². The monoisotopic (exact) mass is 387 g/mol. The number of rotatable bonds is 4. The van der Waals surface area contributed by atoms with Gasteiger partial charge in [0, 0.05) is 15.7 Å². The molecule has 1 amide bonds. The van der Waals surface area contributed by atoms with E-state index < -0.39 is 6.10 Å². The van der Waals surface area contributed by atoms with Gasteiger partial charge in [-0.1, -0.05) is 23.2 Å². The lowest BCUT2D eigenvalue weighted by Gasteiger charge is -2.16. The molecule has 2 aromatic rings. The highest BCUT2D eigenvalue weighted by Crippen LogP contribution is 2.28. The fraction of sp³-hybridized carbons (Fsp3) is 0.133. The maximum Gasteiger partial charge on any atom is 0.265 e. The summed E-state index contributed by atoms with van der Waals surface area (Å²) in [5.74, 6) is 0.303. The van der Waals surface area contributed by atoms with Crippen molar-refractivity contribution >= 4 is 50.7 Å². The second-order valence-corrected chi connectivity index (χ2v) is 6.06. The van der Waals surface area contributed by atoms with Crippen molar-refractivity contribution < 1.29 is 9.53 Å². The van der Waals surface area contributed by atoms with E-state index in [0.717, 1.165) is 0 Å². The van der Waals surface area contributed by atoms with Gasteiger partial charge in [0.15, 0.2) is 6.10 Å². The highest BCUT2D eigenvalue weighted by Gasteiger charge is 2.16. The molecule has 110 valence electrons. The van der Waals surface area contributed by atoms with E-state index in [1.54, 1.807) is 49.4 Å². The molecule has 0 spiro atoms. The van der Waals surface area contributed by atoms with E-state index >= 15 is 0 Å². The Labute approximate surface area is 141 Å². The Kier molecular flexibility index (Phi) is 5.51. The normalized spacial score (nSPS) is 11.8. The van der Waals surface area contributed by atoms with Crippen molar-refractivity contribution in [1.82, 2.24) is 0 Å². The van der Waals surface area contributed by atoms with E-state index in [2.05, 4.69) is 21.2 Å². The molecule has 2 rings (SSSR count). The Morgan fingerprint density at radius 3 is 2.38 bits per heavy atom. The minimum Gasteiger partial charge on any atom is -0.480 e. The highest BCUT2D eigenvalue weighted by molar-refractivity contribution is 9.10. The summed E-state index contributed by atoms with van der Waals surface area (Å²) in [6, 6.07) is 12.0. The average Bonchev–Trinajstić information content (AvgIpc) is 2.44. The summed E-state index contributed by atoms with van der Waals surface area (Å²) in [5.41, 5.74) is 0.662. The fourth-order valence-electron chi connectivity index (χ4n) is 1.59. The molecular weight excluding hydrogens is 377 g/mol. The maximum absolute atomic E-state index is 12.1. The molecule has 3 nitrogen and oxygen atoms in total. The summed E-state index contributed by atoms with van der Waals surface area (Å²) >= 11 is 15.0. The quantitative estimate of drug-likeness (QED) is 0.785. The van der Waals surface area contributed by atoms with Crippen molar-refractivity contribution in [2.75, 3.05) is 5.32 Å². The van der Waals surface area contributed by atoms with Gasteiger partial charge in [-0.3, -0.25) is 4.79 Å². The first kappa shape index (κ1) is 16.1. The van der Waals surface area contributed by atoms with Crippen molar-refractivity contribution in [2.45, 2.75) is 13.0 Å². The zero-order valence-electron chi connectivity index (χ0n) is 11.1. The van der Waals surface area contributed by atoms with E-state index in [1.165, 1.54) is 0 Å². The lowest BCUT2D eigenvalue weighted by Crippen LogP contribution is -2.30. The van der Waals surface area contributed by atoms with Crippen LogP contribution in [0.3, 0.4) is 0 Å². The van der Waals surface area contributed by atoms with Gasteiger partial charge in [0.05, 0.1) is 4.47 Å². The van der Waals surface area contributed by atoms with Crippen LogP contribution in [-0.4, -0.2) is 12.0 Å².